The molecule has 116 valence electrons. The minimum atomic E-state index is 0.102. The third-order valence-electron chi connectivity index (χ3n) is 3.15. The number of hydrazone groups is 1. The molecule has 0 saturated carbocycles. The Bertz CT molecular complexity index is 816. The zero-order valence-electron chi connectivity index (χ0n) is 12.4. The van der Waals surface area contributed by atoms with Gasteiger partial charge in [0.1, 0.15) is 0 Å². The lowest BCUT2D eigenvalue weighted by atomic mass is 10.2. The fourth-order valence-electron chi connectivity index (χ4n) is 2.00. The topological polar surface area (TPSA) is 66.7 Å². The molecule has 0 bridgehead atoms. The average molecular weight is 325 g/mol. The number of benzene rings is 2. The Morgan fingerprint density at radius 2 is 2.04 bits per heavy atom. The number of hydrogen-bond acceptors (Lipinski definition) is 6. The third-order valence-corrected chi connectivity index (χ3v) is 3.90. The second-order valence-corrected chi connectivity index (χ2v) is 5.56. The summed E-state index contributed by atoms with van der Waals surface area (Å²) >= 11 is 1.49. The van der Waals surface area contributed by atoms with E-state index in [0.29, 0.717) is 10.9 Å². The van der Waals surface area contributed by atoms with Crippen molar-refractivity contribution in [2.45, 2.75) is 0 Å². The van der Waals surface area contributed by atoms with Crippen molar-refractivity contribution < 1.29 is 9.84 Å². The lowest BCUT2D eigenvalue weighted by Crippen LogP contribution is -1.91. The first kappa shape index (κ1) is 15.1. The number of methoxy groups -OCH3 is 1. The number of ether oxygens (including phenoxy) is 1. The first-order valence-electron chi connectivity index (χ1n) is 6.93. The molecule has 0 unspecified atom stereocenters. The number of hydrogen-bond donors (Lipinski definition) is 2. The number of nitrogens with one attached hydrogen (secondary N) is 1. The molecule has 0 amide bonds. The van der Waals surface area contributed by atoms with Gasteiger partial charge < -0.3 is 9.84 Å². The third kappa shape index (κ3) is 3.67. The molecular formula is C17H15N3O2S. The zero-order valence-corrected chi connectivity index (χ0v) is 13.2. The minimum absolute atomic E-state index is 0.102. The Labute approximate surface area is 137 Å². The summed E-state index contributed by atoms with van der Waals surface area (Å²) < 4.78 is 5.06. The quantitative estimate of drug-likeness (QED) is 0.550. The van der Waals surface area contributed by atoms with Crippen LogP contribution >= 0.6 is 11.3 Å². The number of aromatic hydroxyl groups is 1. The van der Waals surface area contributed by atoms with E-state index >= 15 is 0 Å². The number of phenols is 1. The maximum atomic E-state index is 9.56. The summed E-state index contributed by atoms with van der Waals surface area (Å²) in [5.41, 5.74) is 5.71. The Morgan fingerprint density at radius 1 is 1.22 bits per heavy atom. The molecule has 0 atom stereocenters. The minimum Gasteiger partial charge on any atom is -0.504 e. The maximum absolute atomic E-state index is 9.56. The van der Waals surface area contributed by atoms with Crippen molar-refractivity contribution in [2.24, 2.45) is 5.10 Å². The molecule has 1 heterocycles. The van der Waals surface area contributed by atoms with Crippen molar-refractivity contribution in [1.82, 2.24) is 4.98 Å². The van der Waals surface area contributed by atoms with Gasteiger partial charge in [0.25, 0.3) is 0 Å². The van der Waals surface area contributed by atoms with Gasteiger partial charge in [-0.2, -0.15) is 5.10 Å². The highest BCUT2D eigenvalue weighted by Gasteiger charge is 2.03. The normalized spacial score (nSPS) is 10.8. The first-order valence-corrected chi connectivity index (χ1v) is 7.81. The fourth-order valence-corrected chi connectivity index (χ4v) is 2.67. The van der Waals surface area contributed by atoms with Crippen molar-refractivity contribution in [2.75, 3.05) is 12.5 Å². The largest absolute Gasteiger partial charge is 0.504 e. The molecule has 0 saturated heterocycles. The van der Waals surface area contributed by atoms with Crippen LogP contribution in [-0.4, -0.2) is 23.4 Å². The summed E-state index contributed by atoms with van der Waals surface area (Å²) in [5, 5.41) is 16.4. The highest BCUT2D eigenvalue weighted by molar-refractivity contribution is 7.14. The Kier molecular flexibility index (Phi) is 4.54. The molecular weight excluding hydrogens is 310 g/mol. The van der Waals surface area contributed by atoms with Crippen molar-refractivity contribution in [3.63, 3.8) is 0 Å². The smallest absolute Gasteiger partial charge is 0.203 e. The molecule has 0 aliphatic rings. The molecule has 0 radical (unpaired) electrons. The van der Waals surface area contributed by atoms with Crippen LogP contribution in [0.4, 0.5) is 5.13 Å². The molecule has 0 fully saturated rings. The van der Waals surface area contributed by atoms with E-state index in [-0.39, 0.29) is 5.75 Å². The summed E-state index contributed by atoms with van der Waals surface area (Å²) in [4.78, 5) is 4.49. The lowest BCUT2D eigenvalue weighted by Gasteiger charge is -2.03. The van der Waals surface area contributed by atoms with Crippen LogP contribution in [0, 0.1) is 0 Å². The van der Waals surface area contributed by atoms with Crippen LogP contribution in [0.2, 0.25) is 0 Å². The van der Waals surface area contributed by atoms with E-state index < -0.39 is 0 Å². The molecule has 0 aliphatic heterocycles. The molecule has 0 aliphatic carbocycles. The van der Waals surface area contributed by atoms with Crippen LogP contribution < -0.4 is 10.2 Å². The highest BCUT2D eigenvalue weighted by atomic mass is 32.1. The van der Waals surface area contributed by atoms with Crippen LogP contribution in [0.15, 0.2) is 59.0 Å². The maximum Gasteiger partial charge on any atom is 0.203 e. The van der Waals surface area contributed by atoms with Crippen LogP contribution in [0.25, 0.3) is 11.3 Å². The van der Waals surface area contributed by atoms with E-state index in [2.05, 4.69) is 15.5 Å². The lowest BCUT2D eigenvalue weighted by molar-refractivity contribution is 0.373. The standard InChI is InChI=1S/C17H15N3O2S/c1-22-16-9-12(7-8-15(16)21)10-18-20-17-19-14(11-23-17)13-5-3-2-4-6-13/h2-11,21H,1H3,(H,19,20)/b18-10-. The number of thiazole rings is 1. The highest BCUT2D eigenvalue weighted by Crippen LogP contribution is 2.26. The van der Waals surface area contributed by atoms with Crippen LogP contribution in [0.1, 0.15) is 5.56 Å². The molecule has 6 heteroatoms. The van der Waals surface area contributed by atoms with E-state index in [1.807, 2.05) is 35.7 Å². The zero-order chi connectivity index (χ0) is 16.1. The summed E-state index contributed by atoms with van der Waals surface area (Å²) in [5.74, 6) is 0.514. The second kappa shape index (κ2) is 6.93. The second-order valence-electron chi connectivity index (χ2n) is 4.71. The van der Waals surface area contributed by atoms with Gasteiger partial charge in [-0.15, -0.1) is 11.3 Å². The average Bonchev–Trinajstić information content (AvgIpc) is 3.06. The molecule has 2 aromatic carbocycles. The van der Waals surface area contributed by atoms with Gasteiger partial charge in [0.05, 0.1) is 19.0 Å². The summed E-state index contributed by atoms with van der Waals surface area (Å²) in [6, 6.07) is 15.0. The number of aromatic nitrogens is 1. The first-order chi connectivity index (χ1) is 11.3. The fraction of sp³-hybridized carbons (Fsp3) is 0.0588. The van der Waals surface area contributed by atoms with Gasteiger partial charge in [-0.05, 0) is 23.8 Å². The molecule has 3 aromatic rings. The molecule has 3 rings (SSSR count). The number of rotatable bonds is 5. The number of nitrogens with zero attached hydrogens (tertiary/aromatic N) is 2. The van der Waals surface area contributed by atoms with E-state index in [9.17, 15) is 5.11 Å². The van der Waals surface area contributed by atoms with Crippen molar-refractivity contribution in [3.05, 3.63) is 59.5 Å². The molecule has 0 spiro atoms. The number of anilines is 1. The predicted molar refractivity (Wildman–Crippen MR) is 93.4 cm³/mol. The molecule has 1 aromatic heterocycles. The Morgan fingerprint density at radius 3 is 2.83 bits per heavy atom. The van der Waals surface area contributed by atoms with Gasteiger partial charge in [0.15, 0.2) is 11.5 Å². The van der Waals surface area contributed by atoms with Crippen LogP contribution in [-0.2, 0) is 0 Å². The van der Waals surface area contributed by atoms with E-state index in [4.69, 9.17) is 4.74 Å². The Balaban J connectivity index is 1.68. The van der Waals surface area contributed by atoms with Crippen LogP contribution in [0.3, 0.4) is 0 Å². The molecule has 5 nitrogen and oxygen atoms in total. The summed E-state index contributed by atoms with van der Waals surface area (Å²) in [6.45, 7) is 0. The monoisotopic (exact) mass is 325 g/mol. The van der Waals surface area contributed by atoms with E-state index in [1.54, 1.807) is 24.4 Å². The van der Waals surface area contributed by atoms with Crippen molar-refractivity contribution >= 4 is 22.7 Å². The Hall–Kier alpha value is -2.86. The predicted octanol–water partition coefficient (Wildman–Crippen LogP) is 3.97. The van der Waals surface area contributed by atoms with E-state index in [0.717, 1.165) is 16.8 Å². The van der Waals surface area contributed by atoms with Gasteiger partial charge >= 0.3 is 0 Å². The summed E-state index contributed by atoms with van der Waals surface area (Å²) in [7, 11) is 1.51. The van der Waals surface area contributed by atoms with Crippen molar-refractivity contribution in [3.8, 4) is 22.8 Å². The van der Waals surface area contributed by atoms with Gasteiger partial charge in [0, 0.05) is 10.9 Å². The SMILES string of the molecule is COc1cc(/C=N\Nc2nc(-c3ccccc3)cs2)ccc1O. The van der Waals surface area contributed by atoms with Gasteiger partial charge in [0.2, 0.25) is 5.13 Å². The van der Waals surface area contributed by atoms with Gasteiger partial charge in [-0.3, -0.25) is 5.43 Å². The summed E-state index contributed by atoms with van der Waals surface area (Å²) in [6.07, 6.45) is 1.64. The van der Waals surface area contributed by atoms with Gasteiger partial charge in [-0.1, -0.05) is 30.3 Å². The van der Waals surface area contributed by atoms with Crippen LogP contribution in [0.5, 0.6) is 11.5 Å². The van der Waals surface area contributed by atoms with Gasteiger partial charge in [-0.25, -0.2) is 4.98 Å². The molecule has 23 heavy (non-hydrogen) atoms. The van der Waals surface area contributed by atoms with Crippen molar-refractivity contribution in [1.29, 1.82) is 0 Å². The molecule has 2 N–H and O–H groups in total. The number of phenolic OH excluding ortho intramolecular Hbond substituents is 1. The van der Waals surface area contributed by atoms with E-state index in [1.165, 1.54) is 18.4 Å².